The second kappa shape index (κ2) is 3.44. The van der Waals surface area contributed by atoms with Crippen LogP contribution in [-0.4, -0.2) is 17.2 Å². The standard InChI is InChI=1S/C13H15NO2/c1-8-6-4-5-7-9(8)10-11(15)13(2,3)14-12(10)16/h4-7,10H,1-3H3,(H,14,16). The fourth-order valence-corrected chi connectivity index (χ4v) is 2.11. The number of Topliss-reactive ketones (excluding diaryl/α,β-unsaturated/α-hetero) is 1. The molecule has 3 heteroatoms. The normalized spacial score (nSPS) is 23.3. The zero-order valence-corrected chi connectivity index (χ0v) is 9.70. The van der Waals surface area contributed by atoms with Crippen molar-refractivity contribution in [2.75, 3.05) is 0 Å². The van der Waals surface area contributed by atoms with E-state index < -0.39 is 11.5 Å². The summed E-state index contributed by atoms with van der Waals surface area (Å²) in [6, 6.07) is 7.52. The van der Waals surface area contributed by atoms with Crippen molar-refractivity contribution in [3.8, 4) is 0 Å². The quantitative estimate of drug-likeness (QED) is 0.725. The molecule has 0 aliphatic carbocycles. The van der Waals surface area contributed by atoms with Crippen LogP contribution in [0.25, 0.3) is 0 Å². The Morgan fingerprint density at radius 1 is 1.19 bits per heavy atom. The van der Waals surface area contributed by atoms with Crippen LogP contribution in [0.4, 0.5) is 0 Å². The van der Waals surface area contributed by atoms with Gasteiger partial charge < -0.3 is 5.32 Å². The maximum absolute atomic E-state index is 12.1. The minimum absolute atomic E-state index is 0.0493. The van der Waals surface area contributed by atoms with E-state index in [4.69, 9.17) is 0 Å². The number of hydrogen-bond donors (Lipinski definition) is 1. The molecule has 1 unspecified atom stereocenters. The number of benzene rings is 1. The first-order valence-corrected chi connectivity index (χ1v) is 5.35. The molecule has 1 aromatic carbocycles. The molecule has 1 aliphatic rings. The predicted octanol–water partition coefficient (Wildman–Crippen LogP) is 1.56. The Bertz CT molecular complexity index is 463. The number of carbonyl (C=O) groups is 2. The first kappa shape index (κ1) is 10.9. The Kier molecular flexibility index (Phi) is 2.34. The molecule has 0 radical (unpaired) electrons. The van der Waals surface area contributed by atoms with Crippen molar-refractivity contribution >= 4 is 11.7 Å². The van der Waals surface area contributed by atoms with Gasteiger partial charge in [0.1, 0.15) is 5.92 Å². The third kappa shape index (κ3) is 1.52. The first-order chi connectivity index (χ1) is 7.43. The molecule has 2 rings (SSSR count). The van der Waals surface area contributed by atoms with E-state index in [1.807, 2.05) is 31.2 Å². The fraction of sp³-hybridized carbons (Fsp3) is 0.385. The average molecular weight is 217 g/mol. The van der Waals surface area contributed by atoms with Crippen molar-refractivity contribution < 1.29 is 9.59 Å². The second-order valence-corrected chi connectivity index (χ2v) is 4.77. The van der Waals surface area contributed by atoms with Gasteiger partial charge in [-0.2, -0.15) is 0 Å². The Hall–Kier alpha value is -1.64. The highest BCUT2D eigenvalue weighted by Gasteiger charge is 2.47. The van der Waals surface area contributed by atoms with Crippen LogP contribution in [0.1, 0.15) is 30.9 Å². The molecule has 1 N–H and O–H groups in total. The Balaban J connectivity index is 2.47. The van der Waals surface area contributed by atoms with Crippen molar-refractivity contribution in [1.29, 1.82) is 0 Å². The smallest absolute Gasteiger partial charge is 0.235 e. The van der Waals surface area contributed by atoms with E-state index in [1.165, 1.54) is 0 Å². The number of hydrogen-bond acceptors (Lipinski definition) is 2. The SMILES string of the molecule is Cc1ccccc1C1C(=O)NC(C)(C)C1=O. The highest BCUT2D eigenvalue weighted by atomic mass is 16.2. The molecule has 0 aromatic heterocycles. The lowest BCUT2D eigenvalue weighted by molar-refractivity contribution is -0.125. The van der Waals surface area contributed by atoms with Crippen LogP contribution in [-0.2, 0) is 9.59 Å². The summed E-state index contributed by atoms with van der Waals surface area (Å²) in [4.78, 5) is 23.9. The number of rotatable bonds is 1. The van der Waals surface area contributed by atoms with Crippen molar-refractivity contribution in [2.45, 2.75) is 32.2 Å². The molecule has 1 heterocycles. The minimum Gasteiger partial charge on any atom is -0.343 e. The Labute approximate surface area is 94.9 Å². The van der Waals surface area contributed by atoms with Crippen molar-refractivity contribution in [1.82, 2.24) is 5.32 Å². The highest BCUT2D eigenvalue weighted by Crippen LogP contribution is 2.30. The van der Waals surface area contributed by atoms with Crippen LogP contribution >= 0.6 is 0 Å². The van der Waals surface area contributed by atoms with Crippen LogP contribution < -0.4 is 5.32 Å². The van der Waals surface area contributed by atoms with E-state index in [1.54, 1.807) is 13.8 Å². The average Bonchev–Trinajstić information content (AvgIpc) is 2.39. The lowest BCUT2D eigenvalue weighted by Gasteiger charge is -2.15. The molecule has 1 aliphatic heterocycles. The van der Waals surface area contributed by atoms with Crippen molar-refractivity contribution in [3.05, 3.63) is 35.4 Å². The summed E-state index contributed by atoms with van der Waals surface area (Å²) in [6.07, 6.45) is 0. The maximum atomic E-state index is 12.1. The fourth-order valence-electron chi connectivity index (χ4n) is 2.11. The zero-order chi connectivity index (χ0) is 11.9. The van der Waals surface area contributed by atoms with Crippen LogP contribution in [0, 0.1) is 6.92 Å². The summed E-state index contributed by atoms with van der Waals surface area (Å²) < 4.78 is 0. The first-order valence-electron chi connectivity index (χ1n) is 5.35. The molecule has 1 fully saturated rings. The summed E-state index contributed by atoms with van der Waals surface area (Å²) in [5.41, 5.74) is 1.05. The predicted molar refractivity (Wildman–Crippen MR) is 61.1 cm³/mol. The van der Waals surface area contributed by atoms with Crippen LogP contribution in [0.5, 0.6) is 0 Å². The molecule has 84 valence electrons. The summed E-state index contributed by atoms with van der Waals surface area (Å²) in [5, 5.41) is 2.73. The van der Waals surface area contributed by atoms with Gasteiger partial charge in [-0.05, 0) is 31.9 Å². The number of aryl methyl sites for hydroxylation is 1. The molecule has 1 saturated heterocycles. The number of amides is 1. The molecule has 1 atom stereocenters. The van der Waals surface area contributed by atoms with Crippen molar-refractivity contribution in [2.24, 2.45) is 0 Å². The van der Waals surface area contributed by atoms with Crippen LogP contribution in [0.2, 0.25) is 0 Å². The second-order valence-electron chi connectivity index (χ2n) is 4.77. The Morgan fingerprint density at radius 2 is 1.81 bits per heavy atom. The van der Waals surface area contributed by atoms with Crippen LogP contribution in [0.15, 0.2) is 24.3 Å². The number of nitrogens with one attached hydrogen (secondary N) is 1. The molecule has 0 spiro atoms. The van der Waals surface area contributed by atoms with E-state index in [9.17, 15) is 9.59 Å². The largest absolute Gasteiger partial charge is 0.343 e. The van der Waals surface area contributed by atoms with Crippen LogP contribution in [0.3, 0.4) is 0 Å². The monoisotopic (exact) mass is 217 g/mol. The van der Waals surface area contributed by atoms with Crippen molar-refractivity contribution in [3.63, 3.8) is 0 Å². The molecule has 3 nitrogen and oxygen atoms in total. The zero-order valence-electron chi connectivity index (χ0n) is 9.70. The van der Waals surface area contributed by atoms with E-state index in [2.05, 4.69) is 5.32 Å². The molecule has 1 amide bonds. The van der Waals surface area contributed by atoms with Gasteiger partial charge in [-0.1, -0.05) is 24.3 Å². The number of carbonyl (C=O) groups excluding carboxylic acids is 2. The van der Waals surface area contributed by atoms with Gasteiger partial charge in [0, 0.05) is 0 Å². The Morgan fingerprint density at radius 3 is 2.31 bits per heavy atom. The molecule has 1 aromatic rings. The lowest BCUT2D eigenvalue weighted by Crippen LogP contribution is -2.39. The van der Waals surface area contributed by atoms with Gasteiger partial charge in [0.05, 0.1) is 5.54 Å². The summed E-state index contributed by atoms with van der Waals surface area (Å²) >= 11 is 0. The van der Waals surface area contributed by atoms with Gasteiger partial charge in [-0.15, -0.1) is 0 Å². The van der Waals surface area contributed by atoms with Gasteiger partial charge >= 0.3 is 0 Å². The number of ketones is 1. The van der Waals surface area contributed by atoms with E-state index in [-0.39, 0.29) is 11.7 Å². The summed E-state index contributed by atoms with van der Waals surface area (Å²) in [6.45, 7) is 5.40. The van der Waals surface area contributed by atoms with Gasteiger partial charge in [-0.25, -0.2) is 0 Å². The topological polar surface area (TPSA) is 46.2 Å². The van der Waals surface area contributed by atoms with Gasteiger partial charge in [0.15, 0.2) is 5.78 Å². The molecule has 0 saturated carbocycles. The lowest BCUT2D eigenvalue weighted by atomic mass is 9.87. The third-order valence-electron chi connectivity index (χ3n) is 3.08. The molecular weight excluding hydrogens is 202 g/mol. The van der Waals surface area contributed by atoms with E-state index in [0.29, 0.717) is 0 Å². The van der Waals surface area contributed by atoms with Gasteiger partial charge in [0.2, 0.25) is 5.91 Å². The minimum atomic E-state index is -0.746. The summed E-state index contributed by atoms with van der Waals surface area (Å²) in [5.74, 6) is -0.882. The maximum Gasteiger partial charge on any atom is 0.235 e. The third-order valence-corrected chi connectivity index (χ3v) is 3.08. The molecule has 16 heavy (non-hydrogen) atoms. The van der Waals surface area contributed by atoms with E-state index in [0.717, 1.165) is 11.1 Å². The van der Waals surface area contributed by atoms with E-state index >= 15 is 0 Å². The summed E-state index contributed by atoms with van der Waals surface area (Å²) in [7, 11) is 0. The van der Waals surface area contributed by atoms with Gasteiger partial charge in [-0.3, -0.25) is 9.59 Å². The molecular formula is C13H15NO2. The van der Waals surface area contributed by atoms with Gasteiger partial charge in [0.25, 0.3) is 0 Å². The highest BCUT2D eigenvalue weighted by molar-refractivity contribution is 6.16. The molecule has 0 bridgehead atoms.